The minimum atomic E-state index is -0.703. The van der Waals surface area contributed by atoms with Crippen LogP contribution in [0.4, 0.5) is 0 Å². The number of carbonyl (C=O) groups excluding carboxylic acids is 2. The summed E-state index contributed by atoms with van der Waals surface area (Å²) in [7, 11) is 4.21. The highest BCUT2D eigenvalue weighted by atomic mass is 35.5. The van der Waals surface area contributed by atoms with E-state index >= 15 is 0 Å². The van der Waals surface area contributed by atoms with E-state index in [1.165, 1.54) is 14.2 Å². The highest BCUT2D eigenvalue weighted by Gasteiger charge is 2.36. The van der Waals surface area contributed by atoms with Gasteiger partial charge in [-0.05, 0) is 29.3 Å². The van der Waals surface area contributed by atoms with Crippen molar-refractivity contribution in [2.75, 3.05) is 21.3 Å². The molecule has 1 aliphatic heterocycles. The highest BCUT2D eigenvalue weighted by Crippen LogP contribution is 2.40. The average molecular weight is 428 g/mol. The van der Waals surface area contributed by atoms with Crippen LogP contribution in [0, 0.1) is 0 Å². The third-order valence-electron chi connectivity index (χ3n) is 4.81. The molecule has 1 aliphatic rings. The molecule has 156 valence electrons. The van der Waals surface area contributed by atoms with Gasteiger partial charge in [-0.15, -0.1) is 0 Å². The molecule has 0 aliphatic carbocycles. The van der Waals surface area contributed by atoms with Gasteiger partial charge < -0.3 is 19.1 Å². The van der Waals surface area contributed by atoms with E-state index in [-0.39, 0.29) is 0 Å². The van der Waals surface area contributed by atoms with Gasteiger partial charge in [0.25, 0.3) is 0 Å². The lowest BCUT2D eigenvalue weighted by atomic mass is 9.83. The van der Waals surface area contributed by atoms with Crippen molar-refractivity contribution in [1.29, 1.82) is 0 Å². The first kappa shape index (κ1) is 21.5. The molecule has 0 fully saturated rings. The number of hydrogen-bond acceptors (Lipinski definition) is 6. The fourth-order valence-electron chi connectivity index (χ4n) is 3.37. The van der Waals surface area contributed by atoms with Gasteiger partial charge >= 0.3 is 11.9 Å². The molecule has 0 unspecified atom stereocenters. The zero-order chi connectivity index (χ0) is 21.7. The zero-order valence-electron chi connectivity index (χ0n) is 16.9. The Morgan fingerprint density at radius 3 is 1.97 bits per heavy atom. The molecule has 7 heteroatoms. The smallest absolute Gasteiger partial charge is 0.336 e. The van der Waals surface area contributed by atoms with Gasteiger partial charge in [-0.3, -0.25) is 0 Å². The maximum Gasteiger partial charge on any atom is 0.336 e. The summed E-state index contributed by atoms with van der Waals surface area (Å²) in [5.74, 6) is -1.05. The zero-order valence-corrected chi connectivity index (χ0v) is 17.7. The van der Waals surface area contributed by atoms with Crippen molar-refractivity contribution in [3.05, 3.63) is 88.2 Å². The van der Waals surface area contributed by atoms with Crippen molar-refractivity contribution in [3.8, 4) is 5.75 Å². The van der Waals surface area contributed by atoms with Crippen LogP contribution < -0.4 is 4.74 Å². The topological polar surface area (TPSA) is 65.1 Å². The molecule has 6 nitrogen and oxygen atoms in total. The molecule has 30 heavy (non-hydrogen) atoms. The fraction of sp³-hybridized carbons (Fsp3) is 0.217. The monoisotopic (exact) mass is 427 g/mol. The molecule has 3 rings (SSSR count). The number of halogens is 1. The molecule has 0 N–H and O–H groups in total. The largest absolute Gasteiger partial charge is 0.497 e. The Hall–Kier alpha value is -3.25. The first-order chi connectivity index (χ1) is 14.5. The second-order valence-corrected chi connectivity index (χ2v) is 7.03. The molecule has 0 saturated heterocycles. The SMILES string of the molecule is COC(=O)C1=CN(Cc2ccc(OC)cc2)C=C(C(=O)OC)C1c1ccccc1Cl. The van der Waals surface area contributed by atoms with Crippen molar-refractivity contribution in [2.45, 2.75) is 12.5 Å². The van der Waals surface area contributed by atoms with Crippen LogP contribution >= 0.6 is 11.6 Å². The normalized spacial score (nSPS) is 13.9. The molecular weight excluding hydrogens is 406 g/mol. The van der Waals surface area contributed by atoms with Gasteiger partial charge in [0.1, 0.15) is 5.75 Å². The number of esters is 2. The Morgan fingerprint density at radius 2 is 1.47 bits per heavy atom. The van der Waals surface area contributed by atoms with Gasteiger partial charge in [-0.25, -0.2) is 9.59 Å². The molecule has 0 amide bonds. The summed E-state index contributed by atoms with van der Waals surface area (Å²) < 4.78 is 15.2. The summed E-state index contributed by atoms with van der Waals surface area (Å²) in [4.78, 5) is 27.0. The van der Waals surface area contributed by atoms with E-state index in [2.05, 4.69) is 0 Å². The summed E-state index contributed by atoms with van der Waals surface area (Å²) in [6, 6.07) is 14.6. The van der Waals surface area contributed by atoms with Crippen LogP contribution in [-0.4, -0.2) is 38.2 Å². The lowest BCUT2D eigenvalue weighted by Crippen LogP contribution is -2.28. The van der Waals surface area contributed by atoms with Gasteiger partial charge in [-0.1, -0.05) is 41.9 Å². The molecule has 0 spiro atoms. The third kappa shape index (κ3) is 4.49. The van der Waals surface area contributed by atoms with Crippen LogP contribution in [0.1, 0.15) is 17.0 Å². The van der Waals surface area contributed by atoms with Gasteiger partial charge in [0.05, 0.1) is 38.4 Å². The molecule has 2 aromatic carbocycles. The quantitative estimate of drug-likeness (QED) is 0.648. The van der Waals surface area contributed by atoms with Gasteiger partial charge in [-0.2, -0.15) is 0 Å². The number of nitrogens with zero attached hydrogens (tertiary/aromatic N) is 1. The van der Waals surface area contributed by atoms with E-state index in [0.717, 1.165) is 11.3 Å². The van der Waals surface area contributed by atoms with Gasteiger partial charge in [0, 0.05) is 24.0 Å². The molecule has 0 saturated carbocycles. The Labute approximate surface area is 180 Å². The van der Waals surface area contributed by atoms with Crippen molar-refractivity contribution in [1.82, 2.24) is 4.90 Å². The minimum absolute atomic E-state index is 0.294. The summed E-state index contributed by atoms with van der Waals surface area (Å²) in [5.41, 5.74) is 2.17. The highest BCUT2D eigenvalue weighted by molar-refractivity contribution is 6.31. The number of rotatable bonds is 6. The molecule has 0 atom stereocenters. The van der Waals surface area contributed by atoms with E-state index in [0.29, 0.717) is 28.3 Å². The standard InChI is InChI=1S/C23H22ClNO5/c1-28-16-10-8-15(9-11-16)12-25-13-18(22(26)29-2)21(19(14-25)23(27)30-3)17-6-4-5-7-20(17)24/h4-11,13-14,21H,12H2,1-3H3. The minimum Gasteiger partial charge on any atom is -0.497 e. The van der Waals surface area contributed by atoms with Crippen LogP contribution in [0.5, 0.6) is 5.75 Å². The summed E-state index contributed by atoms with van der Waals surface area (Å²) in [6.07, 6.45) is 3.35. The average Bonchev–Trinajstić information content (AvgIpc) is 2.78. The number of carbonyl (C=O) groups is 2. The fourth-order valence-corrected chi connectivity index (χ4v) is 3.61. The van der Waals surface area contributed by atoms with E-state index in [1.807, 2.05) is 24.3 Å². The lowest BCUT2D eigenvalue weighted by molar-refractivity contribution is -0.137. The van der Waals surface area contributed by atoms with E-state index in [4.69, 9.17) is 25.8 Å². The second-order valence-electron chi connectivity index (χ2n) is 6.63. The van der Waals surface area contributed by atoms with E-state index in [1.54, 1.807) is 48.7 Å². The van der Waals surface area contributed by atoms with E-state index < -0.39 is 17.9 Å². The number of benzene rings is 2. The Bertz CT molecular complexity index is 963. The summed E-state index contributed by atoms with van der Waals surface area (Å²) in [5, 5.41) is 0.440. The first-order valence-electron chi connectivity index (χ1n) is 9.21. The number of methoxy groups -OCH3 is 3. The Kier molecular flexibility index (Phi) is 6.79. The number of ether oxygens (including phenoxy) is 3. The Morgan fingerprint density at radius 1 is 0.900 bits per heavy atom. The van der Waals surface area contributed by atoms with Crippen LogP contribution in [0.25, 0.3) is 0 Å². The van der Waals surface area contributed by atoms with Crippen molar-refractivity contribution in [2.24, 2.45) is 0 Å². The predicted molar refractivity (Wildman–Crippen MR) is 113 cm³/mol. The molecular formula is C23H22ClNO5. The molecule has 2 aromatic rings. The molecule has 0 bridgehead atoms. The van der Waals surface area contributed by atoms with Crippen LogP contribution in [0.2, 0.25) is 5.02 Å². The van der Waals surface area contributed by atoms with Crippen molar-refractivity contribution < 1.29 is 23.8 Å². The molecule has 0 radical (unpaired) electrons. The predicted octanol–water partition coefficient (Wildman–Crippen LogP) is 4.06. The van der Waals surface area contributed by atoms with Crippen LogP contribution in [0.3, 0.4) is 0 Å². The second kappa shape index (κ2) is 9.50. The third-order valence-corrected chi connectivity index (χ3v) is 5.16. The van der Waals surface area contributed by atoms with Gasteiger partial charge in [0.2, 0.25) is 0 Å². The number of hydrogen-bond donors (Lipinski definition) is 0. The van der Waals surface area contributed by atoms with Crippen molar-refractivity contribution in [3.63, 3.8) is 0 Å². The molecule has 0 aromatic heterocycles. The van der Waals surface area contributed by atoms with Crippen molar-refractivity contribution >= 4 is 23.5 Å². The Balaban J connectivity index is 2.06. The van der Waals surface area contributed by atoms with Crippen LogP contribution in [-0.2, 0) is 25.6 Å². The van der Waals surface area contributed by atoms with Gasteiger partial charge in [0.15, 0.2) is 0 Å². The lowest BCUT2D eigenvalue weighted by Gasteiger charge is -2.30. The first-order valence-corrected chi connectivity index (χ1v) is 9.59. The molecule has 1 heterocycles. The van der Waals surface area contributed by atoms with Crippen LogP contribution in [0.15, 0.2) is 72.1 Å². The summed E-state index contributed by atoms with van der Waals surface area (Å²) >= 11 is 6.39. The van der Waals surface area contributed by atoms with E-state index in [9.17, 15) is 9.59 Å². The maximum absolute atomic E-state index is 12.6. The maximum atomic E-state index is 12.6. The summed E-state index contributed by atoms with van der Waals surface area (Å²) in [6.45, 7) is 0.431.